The van der Waals surface area contributed by atoms with Gasteiger partial charge >= 0.3 is 6.03 Å². The average molecular weight is 379 g/mol. The summed E-state index contributed by atoms with van der Waals surface area (Å²) in [5.41, 5.74) is 0.999. The molecule has 0 saturated carbocycles. The van der Waals surface area contributed by atoms with Crippen LogP contribution in [0.15, 0.2) is 18.2 Å². The van der Waals surface area contributed by atoms with Crippen molar-refractivity contribution in [2.75, 3.05) is 51.3 Å². The number of hydrogen-bond acceptors (Lipinski definition) is 4. The number of nitrogens with one attached hydrogen (secondary N) is 2. The Morgan fingerprint density at radius 2 is 2.00 bits per heavy atom. The van der Waals surface area contributed by atoms with Gasteiger partial charge in [0.05, 0.1) is 23.9 Å². The predicted molar refractivity (Wildman–Crippen MR) is 98.7 cm³/mol. The molecule has 0 aromatic heterocycles. The molecule has 0 spiro atoms. The van der Waals surface area contributed by atoms with Crippen LogP contribution in [0.5, 0.6) is 0 Å². The van der Waals surface area contributed by atoms with Crippen LogP contribution in [-0.2, 0) is 4.74 Å². The lowest BCUT2D eigenvalue weighted by Gasteiger charge is -2.27. The molecule has 3 aliphatic heterocycles. The smallest absolute Gasteiger partial charge is 0.322 e. The van der Waals surface area contributed by atoms with Gasteiger partial charge in [-0.05, 0) is 30.5 Å². The van der Waals surface area contributed by atoms with E-state index in [2.05, 4.69) is 10.6 Å². The highest BCUT2D eigenvalue weighted by atomic mass is 35.5. The van der Waals surface area contributed by atoms with Crippen molar-refractivity contribution in [3.8, 4) is 0 Å². The third kappa shape index (κ3) is 3.39. The lowest BCUT2D eigenvalue weighted by atomic mass is 10.1. The highest BCUT2D eigenvalue weighted by Gasteiger charge is 2.40. The van der Waals surface area contributed by atoms with Crippen molar-refractivity contribution in [3.63, 3.8) is 0 Å². The van der Waals surface area contributed by atoms with Gasteiger partial charge in [-0.3, -0.25) is 4.79 Å². The van der Waals surface area contributed by atoms with Crippen LogP contribution in [0.3, 0.4) is 0 Å². The zero-order valence-corrected chi connectivity index (χ0v) is 15.3. The standard InChI is InChI=1S/C18H23ClN4O3/c19-14-2-1-12(17(24)22-5-7-26-8-6-22)9-15(14)21-18(25)23-4-3-13-10-20-11-16(13)23/h1-2,9,13,16,20H,3-8,10-11H2,(H,21,25)/t13-,16+/m0/s1. The number of fused-ring (bicyclic) bond motifs is 1. The first-order chi connectivity index (χ1) is 12.6. The first-order valence-electron chi connectivity index (χ1n) is 9.08. The first kappa shape index (κ1) is 17.6. The lowest BCUT2D eigenvalue weighted by Crippen LogP contribution is -2.42. The molecule has 1 aromatic carbocycles. The first-order valence-corrected chi connectivity index (χ1v) is 9.46. The van der Waals surface area contributed by atoms with Crippen LogP contribution < -0.4 is 10.6 Å². The Kier molecular flexibility index (Phi) is 5.02. The summed E-state index contributed by atoms with van der Waals surface area (Å²) in [6, 6.07) is 5.11. The quantitative estimate of drug-likeness (QED) is 0.820. The summed E-state index contributed by atoms with van der Waals surface area (Å²) in [6.45, 7) is 4.82. The van der Waals surface area contributed by atoms with Gasteiger partial charge in [0.25, 0.3) is 5.91 Å². The average Bonchev–Trinajstić information content (AvgIpc) is 3.27. The van der Waals surface area contributed by atoms with Crippen molar-refractivity contribution >= 4 is 29.2 Å². The molecule has 8 heteroatoms. The summed E-state index contributed by atoms with van der Waals surface area (Å²) in [5, 5.41) is 6.66. The number of morpholine rings is 1. The molecule has 3 aliphatic rings. The number of anilines is 1. The van der Waals surface area contributed by atoms with Gasteiger partial charge in [0.15, 0.2) is 0 Å². The van der Waals surface area contributed by atoms with Crippen LogP contribution in [0.25, 0.3) is 0 Å². The lowest BCUT2D eigenvalue weighted by molar-refractivity contribution is 0.0303. The largest absolute Gasteiger partial charge is 0.378 e. The van der Waals surface area contributed by atoms with E-state index in [1.807, 2.05) is 4.90 Å². The third-order valence-corrected chi connectivity index (χ3v) is 5.79. The van der Waals surface area contributed by atoms with Crippen molar-refractivity contribution in [1.82, 2.24) is 15.1 Å². The van der Waals surface area contributed by atoms with Gasteiger partial charge in [0.1, 0.15) is 0 Å². The van der Waals surface area contributed by atoms with E-state index in [0.29, 0.717) is 48.5 Å². The van der Waals surface area contributed by atoms with E-state index in [1.165, 1.54) is 0 Å². The second-order valence-corrected chi connectivity index (χ2v) is 7.40. The molecule has 3 fully saturated rings. The van der Waals surface area contributed by atoms with Gasteiger partial charge in [0, 0.05) is 44.3 Å². The van der Waals surface area contributed by atoms with Gasteiger partial charge < -0.3 is 25.2 Å². The highest BCUT2D eigenvalue weighted by molar-refractivity contribution is 6.33. The van der Waals surface area contributed by atoms with Crippen LogP contribution in [0.4, 0.5) is 10.5 Å². The number of urea groups is 1. The van der Waals surface area contributed by atoms with Crippen molar-refractivity contribution in [3.05, 3.63) is 28.8 Å². The van der Waals surface area contributed by atoms with E-state index >= 15 is 0 Å². The fourth-order valence-corrected chi connectivity index (χ4v) is 4.16. The molecule has 3 saturated heterocycles. The van der Waals surface area contributed by atoms with E-state index in [9.17, 15) is 9.59 Å². The molecule has 1 aromatic rings. The van der Waals surface area contributed by atoms with Crippen molar-refractivity contribution in [2.45, 2.75) is 12.5 Å². The summed E-state index contributed by atoms with van der Waals surface area (Å²) < 4.78 is 5.29. The van der Waals surface area contributed by atoms with Gasteiger partial charge in [-0.15, -0.1) is 0 Å². The summed E-state index contributed by atoms with van der Waals surface area (Å²) in [7, 11) is 0. The molecule has 26 heavy (non-hydrogen) atoms. The number of hydrogen-bond donors (Lipinski definition) is 2. The van der Waals surface area contributed by atoms with Crippen LogP contribution in [0.1, 0.15) is 16.8 Å². The number of nitrogens with zero attached hydrogens (tertiary/aromatic N) is 2. The number of amides is 3. The van der Waals surface area contributed by atoms with Crippen molar-refractivity contribution in [1.29, 1.82) is 0 Å². The number of benzene rings is 1. The molecule has 3 amide bonds. The number of likely N-dealkylation sites (tertiary alicyclic amines) is 1. The van der Waals surface area contributed by atoms with E-state index in [-0.39, 0.29) is 18.0 Å². The van der Waals surface area contributed by atoms with Crippen molar-refractivity contribution in [2.24, 2.45) is 5.92 Å². The maximum Gasteiger partial charge on any atom is 0.322 e. The Labute approximate surface area is 157 Å². The van der Waals surface area contributed by atoms with Crippen LogP contribution in [0, 0.1) is 5.92 Å². The molecule has 0 unspecified atom stereocenters. The number of rotatable bonds is 2. The van der Waals surface area contributed by atoms with E-state index in [0.717, 1.165) is 26.1 Å². The van der Waals surface area contributed by atoms with Crippen LogP contribution in [-0.4, -0.2) is 73.7 Å². The molecule has 2 N–H and O–H groups in total. The second kappa shape index (κ2) is 7.42. The Hall–Kier alpha value is -1.83. The molecular formula is C18H23ClN4O3. The summed E-state index contributed by atoms with van der Waals surface area (Å²) in [4.78, 5) is 29.0. The van der Waals surface area contributed by atoms with E-state index < -0.39 is 0 Å². The minimum atomic E-state index is -0.154. The predicted octanol–water partition coefficient (Wildman–Crippen LogP) is 1.64. The van der Waals surface area contributed by atoms with Crippen LogP contribution in [0.2, 0.25) is 5.02 Å². The van der Waals surface area contributed by atoms with Gasteiger partial charge in [-0.1, -0.05) is 11.6 Å². The Morgan fingerprint density at radius 3 is 2.81 bits per heavy atom. The van der Waals surface area contributed by atoms with Gasteiger partial charge in [-0.2, -0.15) is 0 Å². The number of ether oxygens (including phenoxy) is 1. The fourth-order valence-electron chi connectivity index (χ4n) is 3.99. The zero-order valence-electron chi connectivity index (χ0n) is 14.5. The van der Waals surface area contributed by atoms with E-state index in [1.54, 1.807) is 23.1 Å². The third-order valence-electron chi connectivity index (χ3n) is 5.46. The topological polar surface area (TPSA) is 73.9 Å². The summed E-state index contributed by atoms with van der Waals surface area (Å²) >= 11 is 6.26. The maximum atomic E-state index is 12.7. The summed E-state index contributed by atoms with van der Waals surface area (Å²) in [6.07, 6.45) is 1.02. The summed E-state index contributed by atoms with van der Waals surface area (Å²) in [5.74, 6) is 0.465. The number of carbonyl (C=O) groups excluding carboxylic acids is 2. The molecule has 0 radical (unpaired) electrons. The monoisotopic (exact) mass is 378 g/mol. The minimum Gasteiger partial charge on any atom is -0.378 e. The molecule has 3 heterocycles. The Morgan fingerprint density at radius 1 is 1.19 bits per heavy atom. The zero-order chi connectivity index (χ0) is 18.1. The SMILES string of the molecule is O=C(c1ccc(Cl)c(NC(=O)N2CC[C@H]3CNC[C@H]32)c1)N1CCOCC1. The highest BCUT2D eigenvalue weighted by Crippen LogP contribution is 2.29. The normalized spacial score (nSPS) is 25.3. The Balaban J connectivity index is 1.47. The molecule has 140 valence electrons. The molecule has 0 bridgehead atoms. The molecule has 0 aliphatic carbocycles. The van der Waals surface area contributed by atoms with Gasteiger partial charge in [0.2, 0.25) is 0 Å². The van der Waals surface area contributed by atoms with Crippen LogP contribution >= 0.6 is 11.6 Å². The second-order valence-electron chi connectivity index (χ2n) is 7.00. The Bertz CT molecular complexity index is 708. The van der Waals surface area contributed by atoms with E-state index in [4.69, 9.17) is 16.3 Å². The van der Waals surface area contributed by atoms with Crippen molar-refractivity contribution < 1.29 is 14.3 Å². The maximum absolute atomic E-state index is 12.7. The molecular weight excluding hydrogens is 356 g/mol. The number of carbonyl (C=O) groups is 2. The fraction of sp³-hybridized carbons (Fsp3) is 0.556. The number of halogens is 1. The molecule has 7 nitrogen and oxygen atoms in total. The van der Waals surface area contributed by atoms with Gasteiger partial charge in [-0.25, -0.2) is 4.79 Å². The molecule has 4 rings (SSSR count). The molecule has 2 atom stereocenters. The minimum absolute atomic E-state index is 0.0679.